The lowest BCUT2D eigenvalue weighted by Gasteiger charge is -2.32. The lowest BCUT2D eigenvalue weighted by Crippen LogP contribution is -2.46. The Bertz CT molecular complexity index is 1220. The molecule has 1 fully saturated rings. The molecule has 0 bridgehead atoms. The van der Waals surface area contributed by atoms with Gasteiger partial charge in [-0.05, 0) is 61.4 Å². The summed E-state index contributed by atoms with van der Waals surface area (Å²) in [6, 6.07) is 13.4. The van der Waals surface area contributed by atoms with Crippen LogP contribution >= 0.6 is 0 Å². The van der Waals surface area contributed by atoms with Crippen molar-refractivity contribution in [2.45, 2.75) is 18.9 Å². The minimum absolute atomic E-state index is 0.0242. The van der Waals surface area contributed by atoms with Crippen LogP contribution in [-0.2, 0) is 0 Å². The molecule has 1 aliphatic rings. The fourth-order valence-corrected chi connectivity index (χ4v) is 3.91. The number of carbonyl (C=O) groups excluding carboxylic acids is 3. The molecule has 1 aliphatic heterocycles. The summed E-state index contributed by atoms with van der Waals surface area (Å²) in [7, 11) is 3.12. The molecular formula is C26H27N5O5. The molecule has 0 spiro atoms. The van der Waals surface area contributed by atoms with Gasteiger partial charge in [0.1, 0.15) is 11.5 Å². The summed E-state index contributed by atoms with van der Waals surface area (Å²) >= 11 is 0. The third-order valence-corrected chi connectivity index (χ3v) is 5.95. The van der Waals surface area contributed by atoms with Gasteiger partial charge < -0.3 is 25.0 Å². The van der Waals surface area contributed by atoms with Crippen LogP contribution in [0.1, 0.15) is 44.0 Å². The fraction of sp³-hybridized carbons (Fsp3) is 0.269. The Hall–Kier alpha value is -4.47. The molecule has 0 radical (unpaired) electrons. The number of anilines is 1. The van der Waals surface area contributed by atoms with Crippen LogP contribution < -0.4 is 20.1 Å². The predicted octanol–water partition coefficient (Wildman–Crippen LogP) is 2.78. The molecule has 3 amide bonds. The minimum Gasteiger partial charge on any atom is -0.497 e. The summed E-state index contributed by atoms with van der Waals surface area (Å²) in [5.74, 6) is 0.479. The van der Waals surface area contributed by atoms with E-state index in [1.54, 1.807) is 67.7 Å². The number of hydrogen-bond donors (Lipinski definition) is 2. The Morgan fingerprint density at radius 1 is 0.806 bits per heavy atom. The molecule has 2 N–H and O–H groups in total. The third kappa shape index (κ3) is 5.77. The Balaban J connectivity index is 1.34. The molecule has 36 heavy (non-hydrogen) atoms. The molecule has 0 atom stereocenters. The molecule has 186 valence electrons. The Kier molecular flexibility index (Phi) is 7.74. The van der Waals surface area contributed by atoms with Gasteiger partial charge in [0.25, 0.3) is 17.7 Å². The standard InChI is InChI=1S/C26H27N5O5/c1-35-20-7-3-17(4-8-20)24(32)30-23-22(27-13-14-28-23)25(33)29-19-11-15-31(16-12-19)26(34)18-5-9-21(36-2)10-6-18/h3-10,13-14,19H,11-12,15-16H2,1-2H3,(H,29,33)(H,28,30,32). The number of hydrogen-bond acceptors (Lipinski definition) is 7. The number of nitrogens with zero attached hydrogens (tertiary/aromatic N) is 3. The van der Waals surface area contributed by atoms with Crippen molar-refractivity contribution in [3.63, 3.8) is 0 Å². The molecule has 2 aromatic carbocycles. The molecule has 1 saturated heterocycles. The normalized spacial score (nSPS) is 13.6. The number of amides is 3. The van der Waals surface area contributed by atoms with E-state index in [2.05, 4.69) is 20.6 Å². The zero-order valence-corrected chi connectivity index (χ0v) is 20.1. The van der Waals surface area contributed by atoms with Crippen molar-refractivity contribution in [1.82, 2.24) is 20.2 Å². The molecule has 3 aromatic rings. The van der Waals surface area contributed by atoms with Crippen molar-refractivity contribution in [1.29, 1.82) is 0 Å². The number of piperidine rings is 1. The first-order valence-electron chi connectivity index (χ1n) is 11.5. The smallest absolute Gasteiger partial charge is 0.273 e. The summed E-state index contributed by atoms with van der Waals surface area (Å²) in [5.41, 5.74) is 1.01. The van der Waals surface area contributed by atoms with Gasteiger partial charge >= 0.3 is 0 Å². The van der Waals surface area contributed by atoms with E-state index >= 15 is 0 Å². The van der Waals surface area contributed by atoms with Gasteiger partial charge in [-0.3, -0.25) is 14.4 Å². The minimum atomic E-state index is -0.437. The highest BCUT2D eigenvalue weighted by Gasteiger charge is 2.26. The quantitative estimate of drug-likeness (QED) is 0.523. The zero-order valence-electron chi connectivity index (χ0n) is 20.1. The second kappa shape index (κ2) is 11.3. The molecule has 0 aliphatic carbocycles. The van der Waals surface area contributed by atoms with Gasteiger partial charge in [-0.25, -0.2) is 9.97 Å². The summed E-state index contributed by atoms with van der Waals surface area (Å²) in [6.45, 7) is 1.02. The highest BCUT2D eigenvalue weighted by molar-refractivity contribution is 6.07. The van der Waals surface area contributed by atoms with Crippen molar-refractivity contribution in [2.24, 2.45) is 0 Å². The van der Waals surface area contributed by atoms with Gasteiger partial charge in [0.05, 0.1) is 14.2 Å². The molecule has 10 heteroatoms. The Labute approximate surface area is 208 Å². The Morgan fingerprint density at radius 2 is 1.36 bits per heavy atom. The van der Waals surface area contributed by atoms with E-state index in [-0.39, 0.29) is 23.5 Å². The summed E-state index contributed by atoms with van der Waals surface area (Å²) < 4.78 is 10.2. The molecule has 0 unspecified atom stereocenters. The third-order valence-electron chi connectivity index (χ3n) is 5.95. The second-order valence-electron chi connectivity index (χ2n) is 8.20. The van der Waals surface area contributed by atoms with Crippen molar-refractivity contribution >= 4 is 23.5 Å². The first kappa shape index (κ1) is 24.6. The number of benzene rings is 2. The van der Waals surface area contributed by atoms with Crippen molar-refractivity contribution in [3.8, 4) is 11.5 Å². The van der Waals surface area contributed by atoms with E-state index in [9.17, 15) is 14.4 Å². The number of likely N-dealkylation sites (tertiary alicyclic amines) is 1. The summed E-state index contributed by atoms with van der Waals surface area (Å²) in [4.78, 5) is 48.4. The first-order chi connectivity index (χ1) is 17.5. The van der Waals surface area contributed by atoms with Crippen LogP contribution in [0.15, 0.2) is 60.9 Å². The number of carbonyl (C=O) groups is 3. The van der Waals surface area contributed by atoms with Crippen LogP contribution in [0.3, 0.4) is 0 Å². The van der Waals surface area contributed by atoms with Crippen LogP contribution in [-0.4, -0.2) is 65.9 Å². The van der Waals surface area contributed by atoms with Gasteiger partial charge in [0.2, 0.25) is 0 Å². The van der Waals surface area contributed by atoms with Crippen LogP contribution in [0.25, 0.3) is 0 Å². The topological polar surface area (TPSA) is 123 Å². The number of nitrogens with one attached hydrogen (secondary N) is 2. The largest absolute Gasteiger partial charge is 0.497 e. The average molecular weight is 490 g/mol. The number of rotatable bonds is 7. The average Bonchev–Trinajstić information content (AvgIpc) is 2.93. The van der Waals surface area contributed by atoms with Gasteiger partial charge in [-0.2, -0.15) is 0 Å². The van der Waals surface area contributed by atoms with Gasteiger partial charge in [0.15, 0.2) is 11.5 Å². The molecule has 1 aromatic heterocycles. The number of aromatic nitrogens is 2. The van der Waals surface area contributed by atoms with Crippen LogP contribution in [0.4, 0.5) is 5.82 Å². The molecule has 2 heterocycles. The number of methoxy groups -OCH3 is 2. The number of ether oxygens (including phenoxy) is 2. The van der Waals surface area contributed by atoms with Crippen LogP contribution in [0, 0.1) is 0 Å². The van der Waals surface area contributed by atoms with Crippen molar-refractivity contribution in [2.75, 3.05) is 32.6 Å². The van der Waals surface area contributed by atoms with Crippen molar-refractivity contribution in [3.05, 3.63) is 77.7 Å². The highest BCUT2D eigenvalue weighted by atomic mass is 16.5. The van der Waals surface area contributed by atoms with Gasteiger partial charge in [-0.1, -0.05) is 0 Å². The lowest BCUT2D eigenvalue weighted by molar-refractivity contribution is 0.0697. The molecular weight excluding hydrogens is 462 g/mol. The van der Waals surface area contributed by atoms with Crippen molar-refractivity contribution < 1.29 is 23.9 Å². The van der Waals surface area contributed by atoms with Crippen LogP contribution in [0.5, 0.6) is 11.5 Å². The van der Waals surface area contributed by atoms with E-state index in [1.165, 1.54) is 12.4 Å². The van der Waals surface area contributed by atoms with E-state index < -0.39 is 11.8 Å². The van der Waals surface area contributed by atoms with Gasteiger partial charge in [-0.15, -0.1) is 0 Å². The lowest BCUT2D eigenvalue weighted by atomic mass is 10.0. The SMILES string of the molecule is COc1ccc(C(=O)Nc2nccnc2C(=O)NC2CCN(C(=O)c3ccc(OC)cc3)CC2)cc1. The highest BCUT2D eigenvalue weighted by Crippen LogP contribution is 2.18. The molecule has 4 rings (SSSR count). The predicted molar refractivity (Wildman–Crippen MR) is 132 cm³/mol. The van der Waals surface area contributed by atoms with E-state index in [0.29, 0.717) is 48.6 Å². The Morgan fingerprint density at radius 3 is 1.94 bits per heavy atom. The maximum Gasteiger partial charge on any atom is 0.273 e. The van der Waals surface area contributed by atoms with E-state index in [1.807, 2.05) is 0 Å². The van der Waals surface area contributed by atoms with Gasteiger partial charge in [0, 0.05) is 42.7 Å². The fourth-order valence-electron chi connectivity index (χ4n) is 3.91. The zero-order chi connectivity index (χ0) is 25.5. The maximum absolute atomic E-state index is 13.0. The van der Waals surface area contributed by atoms with Crippen LogP contribution in [0.2, 0.25) is 0 Å². The first-order valence-corrected chi connectivity index (χ1v) is 11.5. The molecule has 0 saturated carbocycles. The van der Waals surface area contributed by atoms with E-state index in [4.69, 9.17) is 9.47 Å². The maximum atomic E-state index is 13.0. The molecule has 10 nitrogen and oxygen atoms in total. The van der Waals surface area contributed by atoms with E-state index in [0.717, 1.165) is 0 Å². The second-order valence-corrected chi connectivity index (χ2v) is 8.20. The summed E-state index contributed by atoms with van der Waals surface area (Å²) in [6.07, 6.45) is 4.00. The monoisotopic (exact) mass is 489 g/mol. The summed E-state index contributed by atoms with van der Waals surface area (Å²) in [5, 5.41) is 5.61.